The maximum absolute atomic E-state index is 13.3. The molecule has 5 rings (SSSR count). The average Bonchev–Trinajstić information content (AvgIpc) is 3.43. The van der Waals surface area contributed by atoms with Gasteiger partial charge >= 0.3 is 12.3 Å². The number of nitrogens with zero attached hydrogens (tertiary/aromatic N) is 4. The van der Waals surface area contributed by atoms with E-state index in [2.05, 4.69) is 19.8 Å². The molecule has 3 heterocycles. The highest BCUT2D eigenvalue weighted by Gasteiger charge is 2.43. The van der Waals surface area contributed by atoms with Crippen molar-refractivity contribution in [2.75, 3.05) is 18.0 Å². The van der Waals surface area contributed by atoms with Crippen molar-refractivity contribution in [1.29, 1.82) is 0 Å². The normalized spacial score (nSPS) is 17.1. The molecule has 1 saturated heterocycles. The zero-order valence-corrected chi connectivity index (χ0v) is 15.2. The lowest BCUT2D eigenvalue weighted by Crippen LogP contribution is -2.41. The molecule has 0 bridgehead atoms. The smallest absolute Gasteiger partial charge is 0.395 e. The van der Waals surface area contributed by atoms with Gasteiger partial charge in [0.25, 0.3) is 0 Å². The molecule has 0 spiro atoms. The number of benzene rings is 2. The van der Waals surface area contributed by atoms with Gasteiger partial charge in [-0.2, -0.15) is 0 Å². The molecule has 1 fully saturated rings. The molecule has 0 saturated carbocycles. The summed E-state index contributed by atoms with van der Waals surface area (Å²) in [5.74, 6) is -0.110. The van der Waals surface area contributed by atoms with Gasteiger partial charge in [0.2, 0.25) is 0 Å². The van der Waals surface area contributed by atoms with Gasteiger partial charge in [-0.15, -0.1) is 8.78 Å². The topological polar surface area (TPSA) is 80.9 Å². The number of hydrogen-bond donors (Lipinski definition) is 0. The molecule has 0 unspecified atom stereocenters. The first-order valence-electron chi connectivity index (χ1n) is 9.17. The van der Waals surface area contributed by atoms with Crippen LogP contribution >= 0.6 is 0 Å². The van der Waals surface area contributed by atoms with E-state index in [0.717, 1.165) is 12.8 Å². The number of halogens is 2. The second kappa shape index (κ2) is 6.57. The van der Waals surface area contributed by atoms with Gasteiger partial charge in [0.05, 0.1) is 12.2 Å². The van der Waals surface area contributed by atoms with Gasteiger partial charge in [0.1, 0.15) is 5.52 Å². The summed E-state index contributed by atoms with van der Waals surface area (Å²) >= 11 is 0. The lowest BCUT2D eigenvalue weighted by molar-refractivity contribution is -0.286. The van der Waals surface area contributed by atoms with E-state index in [1.165, 1.54) is 12.1 Å². The quantitative estimate of drug-likeness (QED) is 0.664. The number of likely N-dealkylation sites (tertiary alicyclic amines) is 1. The third-order valence-corrected chi connectivity index (χ3v) is 4.97. The number of amides is 2. The van der Waals surface area contributed by atoms with E-state index in [0.29, 0.717) is 35.4 Å². The van der Waals surface area contributed by atoms with Gasteiger partial charge < -0.3 is 14.4 Å². The van der Waals surface area contributed by atoms with E-state index in [-0.39, 0.29) is 24.1 Å². The Bertz CT molecular complexity index is 1080. The number of urea groups is 1. The van der Waals surface area contributed by atoms with Crippen molar-refractivity contribution in [2.45, 2.75) is 25.7 Å². The van der Waals surface area contributed by atoms with Crippen molar-refractivity contribution >= 4 is 22.8 Å². The Hall–Kier alpha value is -3.43. The predicted molar refractivity (Wildman–Crippen MR) is 96.8 cm³/mol. The van der Waals surface area contributed by atoms with Gasteiger partial charge in [-0.1, -0.05) is 12.1 Å². The molecule has 0 atom stereocenters. The van der Waals surface area contributed by atoms with Crippen LogP contribution in [-0.2, 0) is 6.54 Å². The Morgan fingerprint density at radius 1 is 1.10 bits per heavy atom. The minimum absolute atomic E-state index is 0.0426. The molecule has 2 aromatic carbocycles. The summed E-state index contributed by atoms with van der Waals surface area (Å²) in [7, 11) is 0. The maximum Gasteiger partial charge on any atom is 0.586 e. The summed E-state index contributed by atoms with van der Waals surface area (Å²) in [4.78, 5) is 16.6. The number of alkyl halides is 2. The summed E-state index contributed by atoms with van der Waals surface area (Å²) in [6, 6.07) is 9.52. The lowest BCUT2D eigenvalue weighted by atomic mass is 10.1. The predicted octanol–water partition coefficient (Wildman–Crippen LogP) is 3.77. The van der Waals surface area contributed by atoms with Gasteiger partial charge in [0, 0.05) is 13.1 Å². The highest BCUT2D eigenvalue weighted by Crippen LogP contribution is 2.41. The Morgan fingerprint density at radius 2 is 1.90 bits per heavy atom. The number of rotatable bonds is 3. The Morgan fingerprint density at radius 3 is 2.72 bits per heavy atom. The standard InChI is InChI=1S/C19H16F2N4O4/c20-19(21)27-15-7-6-12(10-16(15)28-19)11-25(18(26)24-8-1-2-9-24)14-5-3-4-13-17(14)23-29-22-13/h3-7,10H,1-2,8-9,11H2. The first-order chi connectivity index (χ1) is 14.0. The van der Waals surface area contributed by atoms with Crippen molar-refractivity contribution < 1.29 is 27.7 Å². The summed E-state index contributed by atoms with van der Waals surface area (Å²) in [5, 5.41) is 7.76. The van der Waals surface area contributed by atoms with Crippen molar-refractivity contribution in [2.24, 2.45) is 0 Å². The number of anilines is 1. The zero-order valence-electron chi connectivity index (χ0n) is 15.2. The molecule has 29 heavy (non-hydrogen) atoms. The Labute approximate surface area is 163 Å². The lowest BCUT2D eigenvalue weighted by Gasteiger charge is -2.28. The first-order valence-corrected chi connectivity index (χ1v) is 9.17. The van der Waals surface area contributed by atoms with Crippen LogP contribution in [0.15, 0.2) is 41.0 Å². The summed E-state index contributed by atoms with van der Waals surface area (Å²) in [5.41, 5.74) is 2.11. The van der Waals surface area contributed by atoms with Crippen LogP contribution in [-0.4, -0.2) is 40.6 Å². The largest absolute Gasteiger partial charge is 0.586 e. The molecule has 3 aromatic rings. The van der Waals surface area contributed by atoms with Crippen molar-refractivity contribution in [1.82, 2.24) is 15.2 Å². The number of ether oxygens (including phenoxy) is 2. The monoisotopic (exact) mass is 402 g/mol. The Kier molecular flexibility index (Phi) is 4.00. The number of carbonyl (C=O) groups is 1. The molecule has 2 aliphatic heterocycles. The molecule has 1 aromatic heterocycles. The molecule has 2 aliphatic rings. The number of fused-ring (bicyclic) bond motifs is 2. The second-order valence-electron chi connectivity index (χ2n) is 6.92. The molecular formula is C19H16F2N4O4. The third kappa shape index (κ3) is 3.20. The molecule has 10 heteroatoms. The van der Waals surface area contributed by atoms with Gasteiger partial charge in [-0.3, -0.25) is 4.90 Å². The SMILES string of the molecule is O=C(N1CCCC1)N(Cc1ccc2c(c1)OC(F)(F)O2)c1cccc2nonc12. The third-order valence-electron chi connectivity index (χ3n) is 4.97. The van der Waals surface area contributed by atoms with E-state index in [1.807, 2.05) is 0 Å². The zero-order chi connectivity index (χ0) is 20.0. The molecule has 2 amide bonds. The van der Waals surface area contributed by atoms with Gasteiger partial charge in [-0.05, 0) is 53.0 Å². The van der Waals surface area contributed by atoms with Crippen molar-refractivity contribution in [3.05, 3.63) is 42.0 Å². The average molecular weight is 402 g/mol. The van der Waals surface area contributed by atoms with Crippen molar-refractivity contribution in [3.8, 4) is 11.5 Å². The van der Waals surface area contributed by atoms with E-state index in [1.54, 1.807) is 34.1 Å². The molecule has 0 N–H and O–H groups in total. The minimum atomic E-state index is -3.69. The molecule has 0 aliphatic carbocycles. The highest BCUT2D eigenvalue weighted by molar-refractivity contribution is 6.00. The number of carbonyl (C=O) groups excluding carboxylic acids is 1. The fourth-order valence-corrected chi connectivity index (χ4v) is 3.62. The van der Waals surface area contributed by atoms with E-state index >= 15 is 0 Å². The van der Waals surface area contributed by atoms with Crippen LogP contribution in [0.1, 0.15) is 18.4 Å². The summed E-state index contributed by atoms with van der Waals surface area (Å²) in [6.07, 6.45) is -1.81. The fourth-order valence-electron chi connectivity index (χ4n) is 3.62. The van der Waals surface area contributed by atoms with Crippen LogP contribution < -0.4 is 14.4 Å². The van der Waals surface area contributed by atoms with Crippen LogP contribution in [0.3, 0.4) is 0 Å². The first kappa shape index (κ1) is 17.7. The summed E-state index contributed by atoms with van der Waals surface area (Å²) in [6.45, 7) is 1.45. The van der Waals surface area contributed by atoms with Crippen LogP contribution in [0.2, 0.25) is 0 Å². The number of hydrogen-bond acceptors (Lipinski definition) is 6. The van der Waals surface area contributed by atoms with Crippen molar-refractivity contribution in [3.63, 3.8) is 0 Å². The van der Waals surface area contributed by atoms with Crippen LogP contribution in [0.5, 0.6) is 11.5 Å². The van der Waals surface area contributed by atoms with E-state index in [9.17, 15) is 13.6 Å². The van der Waals surface area contributed by atoms with E-state index < -0.39 is 6.29 Å². The van der Waals surface area contributed by atoms with Gasteiger partial charge in [-0.25, -0.2) is 9.42 Å². The Balaban J connectivity index is 1.51. The highest BCUT2D eigenvalue weighted by atomic mass is 19.3. The maximum atomic E-state index is 13.3. The van der Waals surface area contributed by atoms with Crippen LogP contribution in [0.25, 0.3) is 11.0 Å². The molecule has 8 nitrogen and oxygen atoms in total. The number of aromatic nitrogens is 2. The molecular weight excluding hydrogens is 386 g/mol. The van der Waals surface area contributed by atoms with Crippen LogP contribution in [0, 0.1) is 0 Å². The fraction of sp³-hybridized carbons (Fsp3) is 0.316. The van der Waals surface area contributed by atoms with E-state index in [4.69, 9.17) is 4.63 Å². The minimum Gasteiger partial charge on any atom is -0.395 e. The molecule has 0 radical (unpaired) electrons. The van der Waals surface area contributed by atoms with Crippen LogP contribution in [0.4, 0.5) is 19.3 Å². The summed E-state index contributed by atoms with van der Waals surface area (Å²) < 4.78 is 40.4. The molecule has 150 valence electrons. The second-order valence-corrected chi connectivity index (χ2v) is 6.92. The van der Waals surface area contributed by atoms with Gasteiger partial charge in [0.15, 0.2) is 17.0 Å².